The lowest BCUT2D eigenvalue weighted by Gasteiger charge is -2.19. The number of benzene rings is 2. The molecule has 6 nitrogen and oxygen atoms in total. The molecule has 0 heterocycles. The van der Waals surface area contributed by atoms with Gasteiger partial charge in [0.2, 0.25) is 0 Å². The Hall–Kier alpha value is -1.53. The molecule has 7 heteroatoms. The van der Waals surface area contributed by atoms with Gasteiger partial charge in [0, 0.05) is 6.61 Å². The molecule has 1 unspecified atom stereocenters. The van der Waals surface area contributed by atoms with Crippen LogP contribution in [0.4, 0.5) is 0 Å². The molecule has 0 aromatic heterocycles. The van der Waals surface area contributed by atoms with Crippen molar-refractivity contribution in [2.75, 3.05) is 26.4 Å². The van der Waals surface area contributed by atoms with E-state index in [0.29, 0.717) is 13.2 Å². The second kappa shape index (κ2) is 11.2. The Kier molecular flexibility index (Phi) is 8.98. The van der Waals surface area contributed by atoms with Crippen molar-refractivity contribution < 1.29 is 28.3 Å². The quantitative estimate of drug-likeness (QED) is 0.433. The summed E-state index contributed by atoms with van der Waals surface area (Å²) in [6.07, 6.45) is 1.55. The number of hydrogen-bond acceptors (Lipinski definition) is 4. The average Bonchev–Trinajstić information content (AvgIpc) is 2.64. The van der Waals surface area contributed by atoms with Gasteiger partial charge in [0.15, 0.2) is 0 Å². The lowest BCUT2D eigenvalue weighted by Crippen LogP contribution is -2.15. The molecule has 142 valence electrons. The Bertz CT molecular complexity index is 658. The van der Waals surface area contributed by atoms with E-state index in [-0.39, 0.29) is 19.3 Å². The van der Waals surface area contributed by atoms with Gasteiger partial charge in [-0.05, 0) is 24.0 Å². The zero-order chi connectivity index (χ0) is 18.7. The summed E-state index contributed by atoms with van der Waals surface area (Å²) in [5, 5.41) is 0. The smallest absolute Gasteiger partial charge is 0.378 e. The Morgan fingerprint density at radius 1 is 0.885 bits per heavy atom. The van der Waals surface area contributed by atoms with Gasteiger partial charge in [-0.1, -0.05) is 60.7 Å². The van der Waals surface area contributed by atoms with Gasteiger partial charge in [-0.2, -0.15) is 0 Å². The third kappa shape index (κ3) is 8.72. The summed E-state index contributed by atoms with van der Waals surface area (Å²) in [5.74, 6) is 0. The van der Waals surface area contributed by atoms with Gasteiger partial charge in [0.25, 0.3) is 0 Å². The molecule has 0 aliphatic heterocycles. The maximum Gasteiger partial charge on any atom is 0.469 e. The molecular weight excluding hydrogens is 355 g/mol. The summed E-state index contributed by atoms with van der Waals surface area (Å²) < 4.78 is 26.6. The lowest BCUT2D eigenvalue weighted by molar-refractivity contribution is -0.0293. The molecule has 0 bridgehead atoms. The van der Waals surface area contributed by atoms with Crippen LogP contribution in [-0.2, 0) is 25.0 Å². The highest BCUT2D eigenvalue weighted by atomic mass is 31.2. The molecule has 0 saturated carbocycles. The molecule has 0 fully saturated rings. The summed E-state index contributed by atoms with van der Waals surface area (Å²) in [4.78, 5) is 17.4. The number of phosphoric acid groups is 1. The monoisotopic (exact) mass is 380 g/mol. The van der Waals surface area contributed by atoms with Crippen molar-refractivity contribution in [1.29, 1.82) is 0 Å². The van der Waals surface area contributed by atoms with Crippen LogP contribution in [0.25, 0.3) is 0 Å². The van der Waals surface area contributed by atoms with Crippen molar-refractivity contribution in [2.24, 2.45) is 0 Å². The number of hydrogen-bond donors (Lipinski definition) is 2. The standard InChI is InChI=1S/C19H25O6P/c20-26(21,22)25-15-14-24-19(18-11-5-2-6-12-18)16-23-13-7-10-17-8-3-1-4-9-17/h1-6,8-9,11-12,19H,7,10,13-16H2,(H2,20,21,22). The van der Waals surface area contributed by atoms with Crippen LogP contribution in [0.3, 0.4) is 0 Å². The van der Waals surface area contributed by atoms with E-state index in [1.165, 1.54) is 5.56 Å². The molecule has 0 radical (unpaired) electrons. The van der Waals surface area contributed by atoms with Crippen LogP contribution in [0, 0.1) is 0 Å². The van der Waals surface area contributed by atoms with E-state index >= 15 is 0 Å². The molecule has 2 N–H and O–H groups in total. The Labute approximate surface area is 154 Å². The van der Waals surface area contributed by atoms with Crippen molar-refractivity contribution in [3.05, 3.63) is 71.8 Å². The van der Waals surface area contributed by atoms with Gasteiger partial charge < -0.3 is 19.3 Å². The molecule has 2 aromatic carbocycles. The molecule has 0 aliphatic rings. The van der Waals surface area contributed by atoms with E-state index in [2.05, 4.69) is 16.7 Å². The molecule has 26 heavy (non-hydrogen) atoms. The van der Waals surface area contributed by atoms with Gasteiger partial charge in [0.05, 0.1) is 19.8 Å². The fraction of sp³-hybridized carbons (Fsp3) is 0.368. The normalized spacial score (nSPS) is 12.8. The minimum atomic E-state index is -4.47. The van der Waals surface area contributed by atoms with E-state index in [0.717, 1.165) is 18.4 Å². The van der Waals surface area contributed by atoms with Crippen molar-refractivity contribution in [3.8, 4) is 0 Å². The number of rotatable bonds is 12. The van der Waals surface area contributed by atoms with Crippen LogP contribution < -0.4 is 0 Å². The summed E-state index contributed by atoms with van der Waals surface area (Å²) >= 11 is 0. The molecule has 2 aromatic rings. The molecule has 0 amide bonds. The largest absolute Gasteiger partial charge is 0.469 e. The van der Waals surface area contributed by atoms with Gasteiger partial charge in [-0.15, -0.1) is 0 Å². The van der Waals surface area contributed by atoms with E-state index in [4.69, 9.17) is 19.3 Å². The molecular formula is C19H25O6P. The highest BCUT2D eigenvalue weighted by Gasteiger charge is 2.16. The zero-order valence-corrected chi connectivity index (χ0v) is 15.5. The molecule has 0 aliphatic carbocycles. The van der Waals surface area contributed by atoms with Crippen LogP contribution >= 0.6 is 7.82 Å². The first-order valence-electron chi connectivity index (χ1n) is 8.53. The van der Waals surface area contributed by atoms with Crippen molar-refractivity contribution in [2.45, 2.75) is 18.9 Å². The van der Waals surface area contributed by atoms with Crippen LogP contribution in [0.2, 0.25) is 0 Å². The first-order chi connectivity index (χ1) is 12.5. The van der Waals surface area contributed by atoms with Gasteiger partial charge >= 0.3 is 7.82 Å². The van der Waals surface area contributed by atoms with E-state index in [1.54, 1.807) is 0 Å². The zero-order valence-electron chi connectivity index (χ0n) is 14.6. The minimum absolute atomic E-state index is 0.0675. The first kappa shape index (κ1) is 20.8. The number of aryl methyl sites for hydroxylation is 1. The second-order valence-electron chi connectivity index (χ2n) is 5.76. The predicted molar refractivity (Wildman–Crippen MR) is 98.7 cm³/mol. The van der Waals surface area contributed by atoms with Gasteiger partial charge in [0.1, 0.15) is 6.10 Å². The van der Waals surface area contributed by atoms with E-state index in [1.807, 2.05) is 48.5 Å². The highest BCUT2D eigenvalue weighted by Crippen LogP contribution is 2.35. The van der Waals surface area contributed by atoms with E-state index < -0.39 is 7.82 Å². The number of ether oxygens (including phenoxy) is 2. The molecule has 0 saturated heterocycles. The van der Waals surface area contributed by atoms with Crippen LogP contribution in [0.15, 0.2) is 60.7 Å². The third-order valence-electron chi connectivity index (χ3n) is 3.70. The van der Waals surface area contributed by atoms with Crippen LogP contribution in [0.1, 0.15) is 23.7 Å². The third-order valence-corrected chi connectivity index (χ3v) is 4.22. The number of phosphoric ester groups is 1. The van der Waals surface area contributed by atoms with Gasteiger partial charge in [-0.3, -0.25) is 4.52 Å². The molecule has 1 atom stereocenters. The predicted octanol–water partition coefficient (Wildman–Crippen LogP) is 3.50. The Morgan fingerprint density at radius 2 is 1.54 bits per heavy atom. The highest BCUT2D eigenvalue weighted by molar-refractivity contribution is 7.46. The van der Waals surface area contributed by atoms with Crippen LogP contribution in [-0.4, -0.2) is 36.2 Å². The summed E-state index contributed by atoms with van der Waals surface area (Å²) in [5.41, 5.74) is 2.23. The SMILES string of the molecule is O=P(O)(O)OCCOC(COCCCc1ccccc1)c1ccccc1. The maximum atomic E-state index is 10.7. The van der Waals surface area contributed by atoms with Crippen molar-refractivity contribution in [1.82, 2.24) is 0 Å². The minimum Gasteiger partial charge on any atom is -0.378 e. The lowest BCUT2D eigenvalue weighted by atomic mass is 10.1. The molecule has 2 rings (SSSR count). The average molecular weight is 380 g/mol. The topological polar surface area (TPSA) is 85.2 Å². The van der Waals surface area contributed by atoms with E-state index in [9.17, 15) is 4.57 Å². The fourth-order valence-electron chi connectivity index (χ4n) is 2.47. The Balaban J connectivity index is 1.74. The van der Waals surface area contributed by atoms with Crippen LogP contribution in [0.5, 0.6) is 0 Å². The Morgan fingerprint density at radius 3 is 2.19 bits per heavy atom. The maximum absolute atomic E-state index is 10.7. The molecule has 0 spiro atoms. The van der Waals surface area contributed by atoms with Gasteiger partial charge in [-0.25, -0.2) is 4.57 Å². The van der Waals surface area contributed by atoms with Crippen molar-refractivity contribution >= 4 is 7.82 Å². The summed E-state index contributed by atoms with van der Waals surface area (Å²) in [7, 11) is -4.47. The first-order valence-corrected chi connectivity index (χ1v) is 10.1. The fourth-order valence-corrected chi connectivity index (χ4v) is 2.78. The van der Waals surface area contributed by atoms with Crippen molar-refractivity contribution in [3.63, 3.8) is 0 Å². The second-order valence-corrected chi connectivity index (χ2v) is 7.00. The summed E-state index contributed by atoms with van der Waals surface area (Å²) in [6.45, 7) is 0.870. The summed E-state index contributed by atoms with van der Waals surface area (Å²) in [6, 6.07) is 19.8.